The predicted molar refractivity (Wildman–Crippen MR) is 124 cm³/mol. The summed E-state index contributed by atoms with van der Waals surface area (Å²) in [6.45, 7) is 7.17. The number of fused-ring (bicyclic) bond motifs is 1. The number of hydrogen-bond acceptors (Lipinski definition) is 6. The maximum absolute atomic E-state index is 12.9. The van der Waals surface area contributed by atoms with Crippen LogP contribution in [0.1, 0.15) is 20.9 Å². The average Bonchev–Trinajstić information content (AvgIpc) is 3.37. The molecule has 0 spiro atoms. The highest BCUT2D eigenvalue weighted by molar-refractivity contribution is 7.15. The molecular weight excluding hydrogens is 410 g/mol. The second-order valence-corrected chi connectivity index (χ2v) is 8.75. The Bertz CT molecular complexity index is 1240. The molecule has 0 aliphatic carbocycles. The van der Waals surface area contributed by atoms with Crippen molar-refractivity contribution in [1.82, 2.24) is 15.0 Å². The van der Waals surface area contributed by atoms with Crippen LogP contribution in [0.25, 0.3) is 22.4 Å². The quantitative estimate of drug-likeness (QED) is 0.499. The molecule has 2 aromatic carbocycles. The molecule has 2 aromatic heterocycles. The molecule has 2 N–H and O–H groups in total. The van der Waals surface area contributed by atoms with Gasteiger partial charge in [0, 0.05) is 29.2 Å². The van der Waals surface area contributed by atoms with Gasteiger partial charge in [-0.25, -0.2) is 9.97 Å². The Kier molecular flexibility index (Phi) is 5.17. The van der Waals surface area contributed by atoms with E-state index in [1.807, 2.05) is 38.1 Å². The first-order valence-electron chi connectivity index (χ1n) is 10.3. The third-order valence-corrected chi connectivity index (χ3v) is 6.49. The molecule has 0 bridgehead atoms. The van der Waals surface area contributed by atoms with Crippen LogP contribution < -0.4 is 10.2 Å². The van der Waals surface area contributed by atoms with Crippen molar-refractivity contribution < 1.29 is 9.53 Å². The molecule has 158 valence electrons. The van der Waals surface area contributed by atoms with Crippen LogP contribution in [0.15, 0.2) is 42.5 Å². The van der Waals surface area contributed by atoms with Crippen LogP contribution in [0.3, 0.4) is 0 Å². The van der Waals surface area contributed by atoms with Gasteiger partial charge < -0.3 is 14.6 Å². The highest BCUT2D eigenvalue weighted by Gasteiger charge is 2.17. The Hall–Kier alpha value is -3.23. The van der Waals surface area contributed by atoms with Crippen LogP contribution >= 0.6 is 11.3 Å². The maximum atomic E-state index is 12.9. The summed E-state index contributed by atoms with van der Waals surface area (Å²) in [5, 5.41) is 3.51. The van der Waals surface area contributed by atoms with Gasteiger partial charge in [-0.15, -0.1) is 11.3 Å². The Balaban J connectivity index is 1.46. The van der Waals surface area contributed by atoms with Gasteiger partial charge in [-0.3, -0.25) is 10.1 Å². The number of aromatic nitrogens is 3. The van der Waals surface area contributed by atoms with Gasteiger partial charge in [0.15, 0.2) is 5.13 Å². The van der Waals surface area contributed by atoms with Gasteiger partial charge in [-0.05, 0) is 38.1 Å². The van der Waals surface area contributed by atoms with Crippen molar-refractivity contribution in [2.75, 3.05) is 36.5 Å². The van der Waals surface area contributed by atoms with Crippen LogP contribution in [0.5, 0.6) is 0 Å². The van der Waals surface area contributed by atoms with Crippen LogP contribution in [-0.4, -0.2) is 47.2 Å². The van der Waals surface area contributed by atoms with E-state index in [2.05, 4.69) is 32.3 Å². The van der Waals surface area contributed by atoms with E-state index in [0.717, 1.165) is 59.5 Å². The van der Waals surface area contributed by atoms with Crippen molar-refractivity contribution in [2.24, 2.45) is 0 Å². The SMILES string of the molecule is Cc1nc(NC(=O)c2cccc3[nH]c(-c4cccc(N5CCOCC5)c4)nc23)sc1C. The summed E-state index contributed by atoms with van der Waals surface area (Å²) in [4.78, 5) is 28.9. The Morgan fingerprint density at radius 1 is 1.13 bits per heavy atom. The summed E-state index contributed by atoms with van der Waals surface area (Å²) >= 11 is 1.48. The fraction of sp³-hybridized carbons (Fsp3) is 0.261. The summed E-state index contributed by atoms with van der Waals surface area (Å²) in [7, 11) is 0. The van der Waals surface area contributed by atoms with Crippen LogP contribution in [0.4, 0.5) is 10.8 Å². The number of amides is 1. The second kappa shape index (κ2) is 8.13. The normalized spacial score (nSPS) is 14.2. The largest absolute Gasteiger partial charge is 0.378 e. The molecule has 31 heavy (non-hydrogen) atoms. The highest BCUT2D eigenvalue weighted by atomic mass is 32.1. The molecule has 1 aliphatic heterocycles. The number of morpholine rings is 1. The van der Waals surface area contributed by atoms with E-state index in [-0.39, 0.29) is 5.91 Å². The minimum atomic E-state index is -0.209. The number of ether oxygens (including phenoxy) is 1. The molecule has 1 aliphatic rings. The molecule has 0 radical (unpaired) electrons. The lowest BCUT2D eigenvalue weighted by atomic mass is 10.1. The fourth-order valence-corrected chi connectivity index (χ4v) is 4.52. The second-order valence-electron chi connectivity index (χ2n) is 7.55. The van der Waals surface area contributed by atoms with Gasteiger partial charge in [0.25, 0.3) is 5.91 Å². The summed E-state index contributed by atoms with van der Waals surface area (Å²) in [5.74, 6) is 0.533. The zero-order valence-corrected chi connectivity index (χ0v) is 18.3. The molecule has 1 fully saturated rings. The van der Waals surface area contributed by atoms with Crippen LogP contribution in [-0.2, 0) is 4.74 Å². The van der Waals surface area contributed by atoms with E-state index in [0.29, 0.717) is 16.2 Å². The molecule has 1 amide bonds. The molecule has 5 rings (SSSR count). The Labute approximate surface area is 184 Å². The number of para-hydroxylation sites is 1. The van der Waals surface area contributed by atoms with E-state index in [1.165, 1.54) is 11.3 Å². The first-order chi connectivity index (χ1) is 15.1. The topological polar surface area (TPSA) is 83.1 Å². The highest BCUT2D eigenvalue weighted by Crippen LogP contribution is 2.28. The van der Waals surface area contributed by atoms with Crippen LogP contribution in [0, 0.1) is 13.8 Å². The minimum absolute atomic E-state index is 0.209. The molecule has 0 atom stereocenters. The number of nitrogens with zero attached hydrogens (tertiary/aromatic N) is 3. The van der Waals surface area contributed by atoms with E-state index >= 15 is 0 Å². The summed E-state index contributed by atoms with van der Waals surface area (Å²) in [6, 6.07) is 13.9. The first kappa shape index (κ1) is 19.7. The molecule has 0 unspecified atom stereocenters. The lowest BCUT2D eigenvalue weighted by Crippen LogP contribution is -2.36. The third kappa shape index (κ3) is 3.92. The molecule has 4 aromatic rings. The minimum Gasteiger partial charge on any atom is -0.378 e. The fourth-order valence-electron chi connectivity index (χ4n) is 3.71. The third-order valence-electron chi connectivity index (χ3n) is 5.50. The first-order valence-corrected chi connectivity index (χ1v) is 11.1. The predicted octanol–water partition coefficient (Wildman–Crippen LogP) is 4.39. The molecule has 1 saturated heterocycles. The van der Waals surface area contributed by atoms with Gasteiger partial charge >= 0.3 is 0 Å². The Morgan fingerprint density at radius 2 is 1.94 bits per heavy atom. The number of thiazole rings is 1. The number of benzene rings is 2. The zero-order valence-electron chi connectivity index (χ0n) is 17.4. The molecule has 3 heterocycles. The van der Waals surface area contributed by atoms with Crippen molar-refractivity contribution in [1.29, 1.82) is 0 Å². The zero-order chi connectivity index (χ0) is 21.4. The van der Waals surface area contributed by atoms with E-state index in [1.54, 1.807) is 6.07 Å². The van der Waals surface area contributed by atoms with E-state index < -0.39 is 0 Å². The Morgan fingerprint density at radius 3 is 2.71 bits per heavy atom. The number of rotatable bonds is 4. The molecule has 8 heteroatoms. The summed E-state index contributed by atoms with van der Waals surface area (Å²) < 4.78 is 5.46. The number of hydrogen-bond donors (Lipinski definition) is 2. The van der Waals surface area contributed by atoms with Gasteiger partial charge in [0.05, 0.1) is 30.0 Å². The van der Waals surface area contributed by atoms with Gasteiger partial charge in [-0.2, -0.15) is 0 Å². The van der Waals surface area contributed by atoms with E-state index in [9.17, 15) is 4.79 Å². The van der Waals surface area contributed by atoms with Crippen molar-refractivity contribution in [3.63, 3.8) is 0 Å². The molecule has 0 saturated carbocycles. The lowest BCUT2D eigenvalue weighted by Gasteiger charge is -2.29. The van der Waals surface area contributed by atoms with Crippen molar-refractivity contribution >= 4 is 39.1 Å². The number of nitrogens with one attached hydrogen (secondary N) is 2. The maximum Gasteiger partial charge on any atom is 0.259 e. The number of imidazole rings is 1. The smallest absolute Gasteiger partial charge is 0.259 e. The summed E-state index contributed by atoms with van der Waals surface area (Å²) in [6.07, 6.45) is 0. The van der Waals surface area contributed by atoms with Gasteiger partial charge in [0.2, 0.25) is 0 Å². The molecular formula is C23H23N5O2S. The number of aromatic amines is 1. The standard InChI is InChI=1S/C23H23N5O2S/c1-14-15(2)31-23(24-14)27-22(29)18-7-4-8-19-20(18)26-21(25-19)16-5-3-6-17(13-16)28-9-11-30-12-10-28/h3-8,13H,9-12H2,1-2H3,(H,25,26)(H,24,27,29). The number of carbonyl (C=O) groups excluding carboxylic acids is 1. The lowest BCUT2D eigenvalue weighted by molar-refractivity contribution is 0.102. The molecule has 7 nitrogen and oxygen atoms in total. The summed E-state index contributed by atoms with van der Waals surface area (Å²) in [5.41, 5.74) is 5.06. The number of H-pyrrole nitrogens is 1. The van der Waals surface area contributed by atoms with Gasteiger partial charge in [0.1, 0.15) is 11.3 Å². The van der Waals surface area contributed by atoms with E-state index in [4.69, 9.17) is 9.72 Å². The van der Waals surface area contributed by atoms with Gasteiger partial charge in [-0.1, -0.05) is 18.2 Å². The van der Waals surface area contributed by atoms with Crippen LogP contribution in [0.2, 0.25) is 0 Å². The average molecular weight is 434 g/mol. The van der Waals surface area contributed by atoms with Crippen molar-refractivity contribution in [3.05, 3.63) is 58.6 Å². The number of carbonyl (C=O) groups is 1. The van der Waals surface area contributed by atoms with Crippen molar-refractivity contribution in [2.45, 2.75) is 13.8 Å². The van der Waals surface area contributed by atoms with Crippen molar-refractivity contribution in [3.8, 4) is 11.4 Å². The number of aryl methyl sites for hydroxylation is 2. The number of anilines is 2. The monoisotopic (exact) mass is 433 g/mol.